The minimum Gasteiger partial charge on any atom is -0.462 e. The zero-order valence-electron chi connectivity index (χ0n) is 23.5. The van der Waals surface area contributed by atoms with Gasteiger partial charge in [0.1, 0.15) is 11.1 Å². The number of nitrogens with one attached hydrogen (secondary N) is 1. The van der Waals surface area contributed by atoms with Gasteiger partial charge in [-0.05, 0) is 61.4 Å². The third kappa shape index (κ3) is 9.40. The first-order valence-electron chi connectivity index (χ1n) is 13.1. The van der Waals surface area contributed by atoms with Crippen LogP contribution in [-0.2, 0) is 29.4 Å². The summed E-state index contributed by atoms with van der Waals surface area (Å²) < 4.78 is 13.1. The van der Waals surface area contributed by atoms with Crippen molar-refractivity contribution in [1.82, 2.24) is 9.55 Å². The maximum Gasteiger partial charge on any atom is 0.345 e. The number of halogens is 4. The molecule has 8 nitrogen and oxygen atoms in total. The summed E-state index contributed by atoms with van der Waals surface area (Å²) in [6.45, 7) is 3.73. The Hall–Kier alpha value is -3.18. The number of aromatic amines is 1. The van der Waals surface area contributed by atoms with Gasteiger partial charge in [-0.15, -0.1) is 0 Å². The molecule has 0 unspecified atom stereocenters. The molecule has 2 heterocycles. The van der Waals surface area contributed by atoms with Gasteiger partial charge in [0.2, 0.25) is 0 Å². The van der Waals surface area contributed by atoms with E-state index in [2.05, 4.69) is 36.8 Å². The van der Waals surface area contributed by atoms with E-state index in [-0.39, 0.29) is 34.4 Å². The molecule has 0 aliphatic carbocycles. The van der Waals surface area contributed by atoms with E-state index < -0.39 is 23.1 Å². The number of nitrogens with zero attached hydrogens (tertiary/aromatic N) is 1. The summed E-state index contributed by atoms with van der Waals surface area (Å²) in [5.74, 6) is -1.40. The molecule has 226 valence electrons. The van der Waals surface area contributed by atoms with Crippen molar-refractivity contribution in [3.63, 3.8) is 0 Å². The first-order valence-corrected chi connectivity index (χ1v) is 15.4. The first kappa shape index (κ1) is 34.3. The molecule has 12 heteroatoms. The zero-order valence-corrected chi connectivity index (χ0v) is 28.2. The molecule has 1 N–H and O–H groups in total. The van der Waals surface area contributed by atoms with Gasteiger partial charge in [-0.1, -0.05) is 79.3 Å². The Morgan fingerprint density at radius 1 is 0.767 bits per heavy atom. The maximum atomic E-state index is 12.3. The molecule has 0 aliphatic heterocycles. The van der Waals surface area contributed by atoms with Gasteiger partial charge in [-0.3, -0.25) is 9.59 Å². The number of pyridine rings is 2. The normalized spacial score (nSPS) is 10.5. The fourth-order valence-electron chi connectivity index (χ4n) is 3.97. The van der Waals surface area contributed by atoms with Crippen LogP contribution < -0.4 is 11.1 Å². The Balaban J connectivity index is 0.000000236. The lowest BCUT2D eigenvalue weighted by Gasteiger charge is -2.12. The molecule has 0 amide bonds. The van der Waals surface area contributed by atoms with Crippen LogP contribution in [-0.4, -0.2) is 34.7 Å². The van der Waals surface area contributed by atoms with Gasteiger partial charge < -0.3 is 19.0 Å². The van der Waals surface area contributed by atoms with Crippen LogP contribution in [0.5, 0.6) is 0 Å². The average Bonchev–Trinajstić information content (AvgIpc) is 2.94. The van der Waals surface area contributed by atoms with Crippen molar-refractivity contribution >= 4 is 67.0 Å². The molecule has 0 spiro atoms. The van der Waals surface area contributed by atoms with Crippen molar-refractivity contribution in [3.8, 4) is 0 Å². The van der Waals surface area contributed by atoms with Gasteiger partial charge in [-0.2, -0.15) is 0 Å². The predicted octanol–water partition coefficient (Wildman–Crippen LogP) is 7.13. The standard InChI is InChI=1S/C16H15BrClNO3.C15H13BrClNO3/c1-3-22-16(21)14-13(18)9-12(19(2)15(14)20)8-10-4-6-11(17)7-5-10;1-2-21-15(20)13-12(17)8-11(18-14(13)19)7-9-3-5-10(16)6-4-9/h4-7,9H,3,8H2,1-2H3;3-6,8H,2,7H2,1H3,(H,18,19). The van der Waals surface area contributed by atoms with Gasteiger partial charge in [0.05, 0.1) is 23.3 Å². The number of carbonyl (C=O) groups is 2. The molecule has 0 aliphatic rings. The van der Waals surface area contributed by atoms with Crippen molar-refractivity contribution in [2.24, 2.45) is 7.05 Å². The lowest BCUT2D eigenvalue weighted by Crippen LogP contribution is -2.28. The van der Waals surface area contributed by atoms with Gasteiger partial charge in [0, 0.05) is 40.2 Å². The second-order valence-electron chi connectivity index (χ2n) is 9.12. The van der Waals surface area contributed by atoms with E-state index in [0.29, 0.717) is 18.5 Å². The number of carbonyl (C=O) groups excluding carboxylic acids is 2. The number of aromatic nitrogens is 2. The highest BCUT2D eigenvalue weighted by Gasteiger charge is 2.20. The Bertz CT molecular complexity index is 1720. The Morgan fingerprint density at radius 3 is 1.72 bits per heavy atom. The highest BCUT2D eigenvalue weighted by atomic mass is 79.9. The quantitative estimate of drug-likeness (QED) is 0.192. The van der Waals surface area contributed by atoms with Crippen molar-refractivity contribution in [2.75, 3.05) is 13.2 Å². The number of benzene rings is 2. The minimum atomic E-state index is -0.709. The van der Waals surface area contributed by atoms with Crippen LogP contribution in [0, 0.1) is 0 Å². The second-order valence-corrected chi connectivity index (χ2v) is 11.8. The fraction of sp³-hybridized carbons (Fsp3) is 0.226. The van der Waals surface area contributed by atoms with Crippen molar-refractivity contribution < 1.29 is 19.1 Å². The average molecular weight is 755 g/mol. The van der Waals surface area contributed by atoms with Crippen LogP contribution in [0.3, 0.4) is 0 Å². The van der Waals surface area contributed by atoms with Crippen LogP contribution >= 0.6 is 55.1 Å². The van der Waals surface area contributed by atoms with Crippen LogP contribution in [0.2, 0.25) is 10.0 Å². The van der Waals surface area contributed by atoms with Gasteiger partial charge in [0.25, 0.3) is 11.1 Å². The van der Waals surface area contributed by atoms with E-state index in [4.69, 9.17) is 32.7 Å². The molecule has 0 saturated carbocycles. The molecule has 0 atom stereocenters. The van der Waals surface area contributed by atoms with E-state index in [0.717, 1.165) is 25.8 Å². The topological polar surface area (TPSA) is 107 Å². The van der Waals surface area contributed by atoms with E-state index >= 15 is 0 Å². The third-order valence-electron chi connectivity index (χ3n) is 6.09. The number of hydrogen-bond donors (Lipinski definition) is 1. The number of esters is 2. The number of rotatable bonds is 8. The summed E-state index contributed by atoms with van der Waals surface area (Å²) in [5.41, 5.74) is 2.17. The highest BCUT2D eigenvalue weighted by Crippen LogP contribution is 2.20. The second kappa shape index (κ2) is 16.0. The van der Waals surface area contributed by atoms with E-state index in [1.165, 1.54) is 4.57 Å². The largest absolute Gasteiger partial charge is 0.462 e. The third-order valence-corrected chi connectivity index (χ3v) is 7.74. The summed E-state index contributed by atoms with van der Waals surface area (Å²) in [6, 6.07) is 18.7. The summed E-state index contributed by atoms with van der Waals surface area (Å²) >= 11 is 18.9. The van der Waals surface area contributed by atoms with Crippen LogP contribution in [0.15, 0.2) is 79.2 Å². The Morgan fingerprint density at radius 2 is 1.23 bits per heavy atom. The molecule has 0 fully saturated rings. The van der Waals surface area contributed by atoms with Crippen molar-refractivity contribution in [2.45, 2.75) is 26.7 Å². The Kier molecular flexibility index (Phi) is 12.8. The maximum absolute atomic E-state index is 12.3. The summed E-state index contributed by atoms with van der Waals surface area (Å²) in [5, 5.41) is 0.220. The summed E-state index contributed by atoms with van der Waals surface area (Å²) in [4.78, 5) is 50.5. The van der Waals surface area contributed by atoms with Crippen LogP contribution in [0.1, 0.15) is 57.1 Å². The number of hydrogen-bond acceptors (Lipinski definition) is 6. The van der Waals surface area contributed by atoms with E-state index in [9.17, 15) is 19.2 Å². The van der Waals surface area contributed by atoms with Gasteiger partial charge in [0.15, 0.2) is 0 Å². The highest BCUT2D eigenvalue weighted by molar-refractivity contribution is 9.10. The summed E-state index contributed by atoms with van der Waals surface area (Å²) in [6.07, 6.45) is 1.06. The molecule has 0 bridgehead atoms. The monoisotopic (exact) mass is 752 g/mol. The smallest absolute Gasteiger partial charge is 0.345 e. The molecule has 0 radical (unpaired) electrons. The molecule has 4 rings (SSSR count). The summed E-state index contributed by atoms with van der Waals surface area (Å²) in [7, 11) is 1.62. The van der Waals surface area contributed by atoms with Crippen LogP contribution in [0.25, 0.3) is 0 Å². The zero-order chi connectivity index (χ0) is 31.7. The predicted molar refractivity (Wildman–Crippen MR) is 175 cm³/mol. The van der Waals surface area contributed by atoms with E-state index in [1.54, 1.807) is 33.0 Å². The van der Waals surface area contributed by atoms with Crippen molar-refractivity contribution in [1.29, 1.82) is 0 Å². The SMILES string of the molecule is CCOC(=O)c1c(Cl)cc(Cc2ccc(Br)cc2)[nH]c1=O.CCOC(=O)c1c(Cl)cc(Cc2ccc(Br)cc2)n(C)c1=O. The number of H-pyrrole nitrogens is 1. The van der Waals surface area contributed by atoms with Gasteiger partial charge in [-0.25, -0.2) is 9.59 Å². The van der Waals surface area contributed by atoms with Crippen molar-refractivity contribution in [3.05, 3.63) is 134 Å². The lowest BCUT2D eigenvalue weighted by atomic mass is 10.1. The molecule has 0 saturated heterocycles. The molecule has 2 aromatic heterocycles. The minimum absolute atomic E-state index is 0.101. The fourth-order valence-corrected chi connectivity index (χ4v) is 5.08. The van der Waals surface area contributed by atoms with E-state index in [1.807, 2.05) is 48.5 Å². The first-order chi connectivity index (χ1) is 20.4. The molecule has 2 aromatic carbocycles. The number of ether oxygens (including phenoxy) is 2. The lowest BCUT2D eigenvalue weighted by molar-refractivity contribution is 0.0514. The molecule has 43 heavy (non-hydrogen) atoms. The molecule has 4 aromatic rings. The van der Waals surface area contributed by atoms with Crippen LogP contribution in [0.4, 0.5) is 0 Å². The molecular weight excluding hydrogens is 727 g/mol. The van der Waals surface area contributed by atoms with Gasteiger partial charge >= 0.3 is 11.9 Å². The Labute approximate surface area is 275 Å². The molecular formula is C31H28Br2Cl2N2O6.